The Kier molecular flexibility index (Phi) is 5.79. The van der Waals surface area contributed by atoms with Gasteiger partial charge in [0.05, 0.1) is 0 Å². The Labute approximate surface area is 152 Å². The Bertz CT molecular complexity index is 809. The maximum atomic E-state index is 12.9. The van der Waals surface area contributed by atoms with Gasteiger partial charge >= 0.3 is 0 Å². The number of nitrogens with one attached hydrogen (secondary N) is 1. The van der Waals surface area contributed by atoms with Gasteiger partial charge < -0.3 is 10.2 Å². The van der Waals surface area contributed by atoms with Crippen molar-refractivity contribution in [2.24, 2.45) is 0 Å². The highest BCUT2D eigenvalue weighted by Gasteiger charge is 2.19. The number of nitrogens with zero attached hydrogens (tertiary/aromatic N) is 1. The molecule has 2 aromatic rings. The predicted molar refractivity (Wildman–Crippen MR) is 98.9 cm³/mol. The number of carbonyl (C=O) groups is 2. The molecule has 134 valence electrons. The number of amides is 2. The number of likely N-dealkylation sites (tertiary alicyclic amines) is 1. The van der Waals surface area contributed by atoms with Crippen LogP contribution in [0.2, 0.25) is 0 Å². The number of rotatable bonds is 5. The van der Waals surface area contributed by atoms with Crippen LogP contribution in [0, 0.1) is 5.82 Å². The fourth-order valence-electron chi connectivity index (χ4n) is 2.91. The Hall–Kier alpha value is -2.95. The van der Waals surface area contributed by atoms with Gasteiger partial charge in [0.1, 0.15) is 5.82 Å². The van der Waals surface area contributed by atoms with Crippen LogP contribution in [-0.2, 0) is 11.3 Å². The Morgan fingerprint density at radius 2 is 1.81 bits per heavy atom. The number of hydrogen-bond donors (Lipinski definition) is 1. The molecule has 0 spiro atoms. The SMILES string of the molecule is O=C(/C=C/c1ccc(F)cc1)NCc1cccc(C(=O)N2CCCC2)c1. The first-order chi connectivity index (χ1) is 12.6. The zero-order valence-corrected chi connectivity index (χ0v) is 14.5. The largest absolute Gasteiger partial charge is 0.348 e. The van der Waals surface area contributed by atoms with E-state index in [-0.39, 0.29) is 17.6 Å². The second-order valence-corrected chi connectivity index (χ2v) is 6.30. The van der Waals surface area contributed by atoms with Crippen LogP contribution in [0.5, 0.6) is 0 Å². The molecule has 1 aliphatic rings. The molecule has 0 atom stereocenters. The van der Waals surface area contributed by atoms with Crippen LogP contribution in [0.15, 0.2) is 54.6 Å². The van der Waals surface area contributed by atoms with Crippen molar-refractivity contribution in [1.29, 1.82) is 0 Å². The minimum atomic E-state index is -0.310. The minimum absolute atomic E-state index is 0.0480. The van der Waals surface area contributed by atoms with E-state index >= 15 is 0 Å². The standard InChI is InChI=1S/C21H21FN2O2/c22-19-9-6-16(7-10-19)8-11-20(25)23-15-17-4-3-5-18(14-17)21(26)24-12-1-2-13-24/h3-11,14H,1-2,12-13,15H2,(H,23,25)/b11-8+. The lowest BCUT2D eigenvalue weighted by molar-refractivity contribution is -0.116. The average molecular weight is 352 g/mol. The molecule has 0 aromatic heterocycles. The zero-order valence-electron chi connectivity index (χ0n) is 14.5. The average Bonchev–Trinajstić information content (AvgIpc) is 3.20. The molecule has 1 fully saturated rings. The highest BCUT2D eigenvalue weighted by Crippen LogP contribution is 2.14. The monoisotopic (exact) mass is 352 g/mol. The molecule has 1 heterocycles. The molecule has 5 heteroatoms. The van der Waals surface area contributed by atoms with Crippen molar-refractivity contribution in [2.75, 3.05) is 13.1 Å². The smallest absolute Gasteiger partial charge is 0.253 e. The maximum Gasteiger partial charge on any atom is 0.253 e. The summed E-state index contributed by atoms with van der Waals surface area (Å²) in [6, 6.07) is 13.2. The third-order valence-electron chi connectivity index (χ3n) is 4.33. The molecule has 4 nitrogen and oxygen atoms in total. The molecule has 0 bridgehead atoms. The van der Waals surface area contributed by atoms with E-state index in [9.17, 15) is 14.0 Å². The Balaban J connectivity index is 1.55. The summed E-state index contributed by atoms with van der Waals surface area (Å²) < 4.78 is 12.9. The third kappa shape index (κ3) is 4.79. The Morgan fingerprint density at radius 3 is 2.54 bits per heavy atom. The van der Waals surface area contributed by atoms with Crippen molar-refractivity contribution in [3.05, 3.63) is 77.1 Å². The van der Waals surface area contributed by atoms with E-state index < -0.39 is 0 Å². The van der Waals surface area contributed by atoms with Crippen LogP contribution in [0.4, 0.5) is 4.39 Å². The van der Waals surface area contributed by atoms with Crippen LogP contribution in [-0.4, -0.2) is 29.8 Å². The highest BCUT2D eigenvalue weighted by atomic mass is 19.1. The van der Waals surface area contributed by atoms with Gasteiger partial charge in [-0.25, -0.2) is 4.39 Å². The second kappa shape index (κ2) is 8.43. The summed E-state index contributed by atoms with van der Waals surface area (Å²) in [7, 11) is 0. The lowest BCUT2D eigenvalue weighted by atomic mass is 10.1. The summed E-state index contributed by atoms with van der Waals surface area (Å²) in [5, 5.41) is 2.79. The molecular formula is C21H21FN2O2. The molecule has 2 aromatic carbocycles. The summed E-state index contributed by atoms with van der Waals surface area (Å²) >= 11 is 0. The molecule has 26 heavy (non-hydrogen) atoms. The summed E-state index contributed by atoms with van der Waals surface area (Å²) in [6.45, 7) is 1.97. The number of hydrogen-bond acceptors (Lipinski definition) is 2. The molecule has 0 aliphatic carbocycles. The molecule has 3 rings (SSSR count). The summed E-state index contributed by atoms with van der Waals surface area (Å²) in [6.07, 6.45) is 5.15. The molecular weight excluding hydrogens is 331 g/mol. The highest BCUT2D eigenvalue weighted by molar-refractivity contribution is 5.94. The van der Waals surface area contributed by atoms with Crippen molar-refractivity contribution in [3.63, 3.8) is 0 Å². The van der Waals surface area contributed by atoms with Gasteiger partial charge in [-0.05, 0) is 54.3 Å². The molecule has 0 unspecified atom stereocenters. The number of benzene rings is 2. The van der Waals surface area contributed by atoms with Gasteiger partial charge in [-0.1, -0.05) is 24.3 Å². The predicted octanol–water partition coefficient (Wildman–Crippen LogP) is 3.39. The third-order valence-corrected chi connectivity index (χ3v) is 4.33. The lowest BCUT2D eigenvalue weighted by Crippen LogP contribution is -2.27. The van der Waals surface area contributed by atoms with Crippen LogP contribution >= 0.6 is 0 Å². The quantitative estimate of drug-likeness (QED) is 0.839. The topological polar surface area (TPSA) is 49.4 Å². The summed E-state index contributed by atoms with van der Waals surface area (Å²) in [5.74, 6) is -0.507. The molecule has 0 radical (unpaired) electrons. The molecule has 2 amide bonds. The van der Waals surface area contributed by atoms with Gasteiger partial charge in [0.2, 0.25) is 5.91 Å². The van der Waals surface area contributed by atoms with Crippen molar-refractivity contribution >= 4 is 17.9 Å². The fraction of sp³-hybridized carbons (Fsp3) is 0.238. The van der Waals surface area contributed by atoms with Crippen LogP contribution in [0.3, 0.4) is 0 Å². The fourth-order valence-corrected chi connectivity index (χ4v) is 2.91. The minimum Gasteiger partial charge on any atom is -0.348 e. The first-order valence-corrected chi connectivity index (χ1v) is 8.71. The van der Waals surface area contributed by atoms with E-state index in [4.69, 9.17) is 0 Å². The second-order valence-electron chi connectivity index (χ2n) is 6.30. The van der Waals surface area contributed by atoms with Gasteiger partial charge in [0.25, 0.3) is 5.91 Å². The number of carbonyl (C=O) groups excluding carboxylic acids is 2. The molecule has 1 saturated heterocycles. The van der Waals surface area contributed by atoms with Crippen molar-refractivity contribution in [3.8, 4) is 0 Å². The van der Waals surface area contributed by atoms with Crippen LogP contribution in [0.1, 0.15) is 34.3 Å². The van der Waals surface area contributed by atoms with Crippen molar-refractivity contribution < 1.29 is 14.0 Å². The first kappa shape index (κ1) is 17.9. The number of halogens is 1. The molecule has 0 saturated carbocycles. The van der Waals surface area contributed by atoms with Crippen molar-refractivity contribution in [2.45, 2.75) is 19.4 Å². The van der Waals surface area contributed by atoms with E-state index in [0.29, 0.717) is 12.1 Å². The molecule has 1 N–H and O–H groups in total. The van der Waals surface area contributed by atoms with Gasteiger partial charge in [-0.2, -0.15) is 0 Å². The van der Waals surface area contributed by atoms with E-state index in [1.165, 1.54) is 18.2 Å². The van der Waals surface area contributed by atoms with Gasteiger partial charge in [-0.15, -0.1) is 0 Å². The van der Waals surface area contributed by atoms with E-state index in [1.807, 2.05) is 23.1 Å². The summed E-state index contributed by atoms with van der Waals surface area (Å²) in [4.78, 5) is 26.2. The maximum absolute atomic E-state index is 12.9. The lowest BCUT2D eigenvalue weighted by Gasteiger charge is -2.15. The Morgan fingerprint density at radius 1 is 1.08 bits per heavy atom. The van der Waals surface area contributed by atoms with E-state index in [2.05, 4.69) is 5.32 Å². The van der Waals surface area contributed by atoms with Gasteiger partial charge in [0.15, 0.2) is 0 Å². The first-order valence-electron chi connectivity index (χ1n) is 8.71. The zero-order chi connectivity index (χ0) is 18.4. The van der Waals surface area contributed by atoms with Crippen LogP contribution in [0.25, 0.3) is 6.08 Å². The summed E-state index contributed by atoms with van der Waals surface area (Å²) in [5.41, 5.74) is 2.28. The van der Waals surface area contributed by atoms with E-state index in [1.54, 1.807) is 24.3 Å². The van der Waals surface area contributed by atoms with E-state index in [0.717, 1.165) is 37.1 Å². The molecule has 1 aliphatic heterocycles. The van der Waals surface area contributed by atoms with Crippen LogP contribution < -0.4 is 5.32 Å². The van der Waals surface area contributed by atoms with Gasteiger partial charge in [0, 0.05) is 31.3 Å². The van der Waals surface area contributed by atoms with Crippen molar-refractivity contribution in [1.82, 2.24) is 10.2 Å². The van der Waals surface area contributed by atoms with Gasteiger partial charge in [-0.3, -0.25) is 9.59 Å². The normalized spacial score (nSPS) is 14.0.